The number of amides is 1. The molecule has 0 spiro atoms. The first-order chi connectivity index (χ1) is 11.7. The van der Waals surface area contributed by atoms with Crippen molar-refractivity contribution in [2.75, 3.05) is 30.4 Å². The number of piperidine rings is 1. The van der Waals surface area contributed by atoms with Crippen LogP contribution in [0.25, 0.3) is 0 Å². The van der Waals surface area contributed by atoms with Gasteiger partial charge in [0.05, 0.1) is 19.0 Å². The molecule has 1 saturated heterocycles. The second kappa shape index (κ2) is 7.49. The number of nitrogens with zero attached hydrogens (tertiary/aromatic N) is 3. The van der Waals surface area contributed by atoms with Crippen LogP contribution >= 0.6 is 11.6 Å². The first-order valence-electron chi connectivity index (χ1n) is 7.82. The molecule has 1 aromatic heterocycles. The second-order valence-electron chi connectivity index (χ2n) is 5.66. The SMILES string of the molecule is COc1ccc(Cl)cc1NC(=O)C1CCN(c2cnccn2)CC1. The van der Waals surface area contributed by atoms with Gasteiger partial charge < -0.3 is 15.0 Å². The molecule has 1 amide bonds. The molecule has 3 rings (SSSR count). The number of hydrogen-bond acceptors (Lipinski definition) is 5. The molecule has 0 bridgehead atoms. The lowest BCUT2D eigenvalue weighted by Crippen LogP contribution is -2.38. The summed E-state index contributed by atoms with van der Waals surface area (Å²) in [7, 11) is 1.57. The highest BCUT2D eigenvalue weighted by Crippen LogP contribution is 2.29. The Labute approximate surface area is 145 Å². The molecule has 7 heteroatoms. The zero-order valence-electron chi connectivity index (χ0n) is 13.4. The van der Waals surface area contributed by atoms with Crippen molar-refractivity contribution in [3.05, 3.63) is 41.8 Å². The summed E-state index contributed by atoms with van der Waals surface area (Å²) in [5, 5.41) is 3.49. The third-order valence-corrected chi connectivity index (χ3v) is 4.39. The largest absolute Gasteiger partial charge is 0.495 e. The van der Waals surface area contributed by atoms with Crippen molar-refractivity contribution in [1.82, 2.24) is 9.97 Å². The van der Waals surface area contributed by atoms with Crippen LogP contribution in [0.2, 0.25) is 5.02 Å². The van der Waals surface area contributed by atoms with E-state index >= 15 is 0 Å². The summed E-state index contributed by atoms with van der Waals surface area (Å²) in [4.78, 5) is 23.1. The summed E-state index contributed by atoms with van der Waals surface area (Å²) in [6.45, 7) is 1.56. The van der Waals surface area contributed by atoms with E-state index < -0.39 is 0 Å². The Bertz CT molecular complexity index is 703. The van der Waals surface area contributed by atoms with Crippen LogP contribution in [0.5, 0.6) is 5.75 Å². The highest BCUT2D eigenvalue weighted by Gasteiger charge is 2.26. The minimum Gasteiger partial charge on any atom is -0.495 e. The molecule has 0 radical (unpaired) electrons. The Morgan fingerprint density at radius 1 is 1.33 bits per heavy atom. The van der Waals surface area contributed by atoms with Crippen molar-refractivity contribution in [1.29, 1.82) is 0 Å². The predicted molar refractivity (Wildman–Crippen MR) is 93.6 cm³/mol. The molecule has 1 N–H and O–H groups in total. The number of carbonyl (C=O) groups is 1. The van der Waals surface area contributed by atoms with Crippen molar-refractivity contribution in [3.63, 3.8) is 0 Å². The third kappa shape index (κ3) is 3.76. The molecule has 1 aliphatic rings. The maximum Gasteiger partial charge on any atom is 0.227 e. The van der Waals surface area contributed by atoms with Crippen LogP contribution in [-0.2, 0) is 4.79 Å². The molecule has 6 nitrogen and oxygen atoms in total. The van der Waals surface area contributed by atoms with Crippen molar-refractivity contribution < 1.29 is 9.53 Å². The monoisotopic (exact) mass is 346 g/mol. The molecule has 0 unspecified atom stereocenters. The smallest absolute Gasteiger partial charge is 0.227 e. The fraction of sp³-hybridized carbons (Fsp3) is 0.353. The van der Waals surface area contributed by atoms with Gasteiger partial charge in [-0.15, -0.1) is 0 Å². The number of hydrogen-bond donors (Lipinski definition) is 1. The molecule has 24 heavy (non-hydrogen) atoms. The lowest BCUT2D eigenvalue weighted by molar-refractivity contribution is -0.120. The first-order valence-corrected chi connectivity index (χ1v) is 8.20. The number of carbonyl (C=O) groups excluding carboxylic acids is 1. The molecule has 0 atom stereocenters. The summed E-state index contributed by atoms with van der Waals surface area (Å²) in [6.07, 6.45) is 6.62. The summed E-state index contributed by atoms with van der Waals surface area (Å²) >= 11 is 6.00. The van der Waals surface area contributed by atoms with Gasteiger partial charge in [-0.3, -0.25) is 9.78 Å². The van der Waals surface area contributed by atoms with E-state index in [-0.39, 0.29) is 11.8 Å². The van der Waals surface area contributed by atoms with Crippen LogP contribution in [0.1, 0.15) is 12.8 Å². The topological polar surface area (TPSA) is 67.3 Å². The van der Waals surface area contributed by atoms with Gasteiger partial charge in [0.2, 0.25) is 5.91 Å². The Morgan fingerprint density at radius 3 is 2.79 bits per heavy atom. The third-order valence-electron chi connectivity index (χ3n) is 4.16. The Hall–Kier alpha value is -2.34. The molecule has 1 aliphatic heterocycles. The van der Waals surface area contributed by atoms with E-state index in [4.69, 9.17) is 16.3 Å². The number of rotatable bonds is 4. The summed E-state index contributed by atoms with van der Waals surface area (Å²) in [5.41, 5.74) is 0.603. The van der Waals surface area contributed by atoms with E-state index in [1.807, 2.05) is 0 Å². The first kappa shape index (κ1) is 16.5. The van der Waals surface area contributed by atoms with Crippen LogP contribution in [-0.4, -0.2) is 36.1 Å². The predicted octanol–water partition coefficient (Wildman–Crippen LogP) is 2.99. The lowest BCUT2D eigenvalue weighted by Gasteiger charge is -2.31. The Morgan fingerprint density at radius 2 is 2.12 bits per heavy atom. The summed E-state index contributed by atoms with van der Waals surface area (Å²) in [6, 6.07) is 5.18. The number of benzene rings is 1. The van der Waals surface area contributed by atoms with Crippen molar-refractivity contribution in [3.8, 4) is 5.75 Å². The van der Waals surface area contributed by atoms with Crippen molar-refractivity contribution in [2.45, 2.75) is 12.8 Å². The summed E-state index contributed by atoms with van der Waals surface area (Å²) < 4.78 is 5.27. The zero-order chi connectivity index (χ0) is 16.9. The van der Waals surface area contributed by atoms with E-state index in [0.717, 1.165) is 31.7 Å². The average molecular weight is 347 g/mol. The van der Waals surface area contributed by atoms with Gasteiger partial charge in [-0.05, 0) is 31.0 Å². The van der Waals surface area contributed by atoms with Crippen LogP contribution < -0.4 is 15.0 Å². The highest BCUT2D eigenvalue weighted by molar-refractivity contribution is 6.31. The minimum absolute atomic E-state index is 0.00522. The lowest BCUT2D eigenvalue weighted by atomic mass is 9.96. The van der Waals surface area contributed by atoms with E-state index in [2.05, 4.69) is 20.2 Å². The molecular formula is C17H19ClN4O2. The molecule has 126 valence electrons. The highest BCUT2D eigenvalue weighted by atomic mass is 35.5. The maximum absolute atomic E-state index is 12.5. The normalized spacial score (nSPS) is 15.2. The standard InChI is InChI=1S/C17H19ClN4O2/c1-24-15-3-2-13(18)10-14(15)21-17(23)12-4-8-22(9-5-12)16-11-19-6-7-20-16/h2-3,6-7,10-12H,4-5,8-9H2,1H3,(H,21,23). The minimum atomic E-state index is -0.0402. The Balaban J connectivity index is 1.61. The zero-order valence-corrected chi connectivity index (χ0v) is 14.2. The van der Waals surface area contributed by atoms with E-state index in [1.54, 1.807) is 43.9 Å². The molecular weight excluding hydrogens is 328 g/mol. The van der Waals surface area contributed by atoms with Gasteiger partial charge >= 0.3 is 0 Å². The molecule has 0 saturated carbocycles. The number of ether oxygens (including phenoxy) is 1. The van der Waals surface area contributed by atoms with Crippen LogP contribution in [0, 0.1) is 5.92 Å². The number of halogens is 1. The van der Waals surface area contributed by atoms with Gasteiger partial charge in [0.25, 0.3) is 0 Å². The van der Waals surface area contributed by atoms with E-state index in [1.165, 1.54) is 0 Å². The number of nitrogens with one attached hydrogen (secondary N) is 1. The van der Waals surface area contributed by atoms with Gasteiger partial charge in [0.15, 0.2) is 0 Å². The average Bonchev–Trinajstić information content (AvgIpc) is 2.63. The van der Waals surface area contributed by atoms with Crippen LogP contribution in [0.15, 0.2) is 36.8 Å². The second-order valence-corrected chi connectivity index (χ2v) is 6.10. The van der Waals surface area contributed by atoms with Crippen molar-refractivity contribution >= 4 is 29.0 Å². The van der Waals surface area contributed by atoms with Crippen LogP contribution in [0.4, 0.5) is 11.5 Å². The molecule has 1 aromatic carbocycles. The number of aromatic nitrogens is 2. The van der Waals surface area contributed by atoms with Gasteiger partial charge in [-0.2, -0.15) is 0 Å². The van der Waals surface area contributed by atoms with Crippen LogP contribution in [0.3, 0.4) is 0 Å². The fourth-order valence-electron chi connectivity index (χ4n) is 2.84. The van der Waals surface area contributed by atoms with Crippen molar-refractivity contribution in [2.24, 2.45) is 5.92 Å². The number of methoxy groups -OCH3 is 1. The van der Waals surface area contributed by atoms with Gasteiger partial charge in [0, 0.05) is 36.4 Å². The number of anilines is 2. The van der Waals surface area contributed by atoms with E-state index in [9.17, 15) is 4.79 Å². The van der Waals surface area contributed by atoms with Gasteiger partial charge in [-0.25, -0.2) is 4.98 Å². The van der Waals surface area contributed by atoms with E-state index in [0.29, 0.717) is 16.5 Å². The quantitative estimate of drug-likeness (QED) is 0.921. The fourth-order valence-corrected chi connectivity index (χ4v) is 3.01. The van der Waals surface area contributed by atoms with Gasteiger partial charge in [-0.1, -0.05) is 11.6 Å². The molecule has 1 fully saturated rings. The van der Waals surface area contributed by atoms with Gasteiger partial charge in [0.1, 0.15) is 11.6 Å². The molecule has 2 heterocycles. The Kier molecular flexibility index (Phi) is 5.15. The molecule has 0 aliphatic carbocycles. The summed E-state index contributed by atoms with van der Waals surface area (Å²) in [5.74, 6) is 1.41. The molecule has 2 aromatic rings. The maximum atomic E-state index is 12.5.